The average molecular weight is 486 g/mol. The van der Waals surface area contributed by atoms with E-state index in [4.69, 9.17) is 11.6 Å². The summed E-state index contributed by atoms with van der Waals surface area (Å²) in [7, 11) is 0. The Balaban J connectivity index is 1.25. The molecule has 4 heterocycles. The van der Waals surface area contributed by atoms with E-state index in [2.05, 4.69) is 44.6 Å². The summed E-state index contributed by atoms with van der Waals surface area (Å²) < 4.78 is 14.5. The lowest BCUT2D eigenvalue weighted by Crippen LogP contribution is -2.24. The number of halogens is 2. The Morgan fingerprint density at radius 3 is 2.94 bits per heavy atom. The predicted molar refractivity (Wildman–Crippen MR) is 134 cm³/mol. The number of H-pyrrole nitrogens is 1. The largest absolute Gasteiger partial charge is 0.360 e. The second-order valence-electron chi connectivity index (χ2n) is 8.85. The van der Waals surface area contributed by atoms with Gasteiger partial charge in [0.05, 0.1) is 27.8 Å². The number of carbonyl (C=O) groups is 1. The van der Waals surface area contributed by atoms with Gasteiger partial charge in [-0.25, -0.2) is 4.39 Å². The van der Waals surface area contributed by atoms with Crippen molar-refractivity contribution in [3.63, 3.8) is 0 Å². The monoisotopic (exact) mass is 485 g/mol. The van der Waals surface area contributed by atoms with Gasteiger partial charge in [-0.3, -0.25) is 14.8 Å². The number of pyridine rings is 2. The molecule has 1 aliphatic heterocycles. The fraction of sp³-hybridized carbons (Fsp3) is 0.148. The average Bonchev–Trinajstić information content (AvgIpc) is 3.44. The lowest BCUT2D eigenvalue weighted by atomic mass is 9.99. The molecule has 1 amide bonds. The summed E-state index contributed by atoms with van der Waals surface area (Å²) in [5.41, 5.74) is 6.36. The van der Waals surface area contributed by atoms with Gasteiger partial charge in [0.15, 0.2) is 0 Å². The molecule has 3 N–H and O–H groups in total. The summed E-state index contributed by atoms with van der Waals surface area (Å²) >= 11 is 6.15. The smallest absolute Gasteiger partial charge is 0.253 e. The first-order valence-electron chi connectivity index (χ1n) is 11.3. The summed E-state index contributed by atoms with van der Waals surface area (Å²) in [5.74, 6) is -0.732. The van der Waals surface area contributed by atoms with E-state index in [1.807, 2.05) is 24.4 Å². The first kappa shape index (κ1) is 21.7. The Bertz CT molecular complexity index is 1630. The van der Waals surface area contributed by atoms with E-state index in [1.54, 1.807) is 18.5 Å². The number of amides is 1. The molecule has 6 nitrogen and oxygen atoms in total. The minimum atomic E-state index is -0.410. The van der Waals surface area contributed by atoms with Crippen LogP contribution in [0.25, 0.3) is 21.8 Å². The lowest BCUT2D eigenvalue weighted by molar-refractivity contribution is 0.0950. The highest BCUT2D eigenvalue weighted by Gasteiger charge is 2.26. The van der Waals surface area contributed by atoms with Crippen molar-refractivity contribution in [3.05, 3.63) is 105 Å². The summed E-state index contributed by atoms with van der Waals surface area (Å²) in [5, 5.41) is 8.56. The van der Waals surface area contributed by atoms with Gasteiger partial charge in [0.25, 0.3) is 5.91 Å². The zero-order chi connectivity index (χ0) is 24.1. The van der Waals surface area contributed by atoms with E-state index in [9.17, 15) is 9.18 Å². The quantitative estimate of drug-likeness (QED) is 0.321. The number of nitrogens with one attached hydrogen (secondary N) is 3. The van der Waals surface area contributed by atoms with Crippen LogP contribution >= 0.6 is 11.6 Å². The standard InChI is InChI=1S/C27H21ClFN5O/c1-14-2-3-23-15(4-14)5-17(10-30-23)26-20-7-18(11-31-25(20)13-33-26)27(35)34-9-16-6-19-21(28)12-32-24(19)8-22(16)29/h2-8,10-12,26,32-33H,9,13H2,1H3,(H,34,35). The molecule has 1 unspecified atom stereocenters. The van der Waals surface area contributed by atoms with Crippen molar-refractivity contribution >= 4 is 39.3 Å². The topological polar surface area (TPSA) is 82.7 Å². The summed E-state index contributed by atoms with van der Waals surface area (Å²) in [4.78, 5) is 25.0. The van der Waals surface area contributed by atoms with Crippen molar-refractivity contribution in [2.24, 2.45) is 0 Å². The van der Waals surface area contributed by atoms with Crippen LogP contribution in [-0.2, 0) is 13.1 Å². The number of aromatic nitrogens is 3. The molecular formula is C27H21ClFN5O. The molecule has 174 valence electrons. The molecule has 0 radical (unpaired) electrons. The number of hydrogen-bond acceptors (Lipinski definition) is 4. The number of aryl methyl sites for hydroxylation is 1. The van der Waals surface area contributed by atoms with Gasteiger partial charge in [-0.15, -0.1) is 0 Å². The van der Waals surface area contributed by atoms with Crippen LogP contribution in [0.15, 0.2) is 61.1 Å². The molecule has 8 heteroatoms. The van der Waals surface area contributed by atoms with E-state index < -0.39 is 5.82 Å². The Morgan fingerprint density at radius 1 is 1.17 bits per heavy atom. The fourth-order valence-corrected chi connectivity index (χ4v) is 4.84. The fourth-order valence-electron chi connectivity index (χ4n) is 4.63. The highest BCUT2D eigenvalue weighted by Crippen LogP contribution is 2.32. The third kappa shape index (κ3) is 3.92. The molecule has 0 aliphatic carbocycles. The maximum Gasteiger partial charge on any atom is 0.253 e. The number of carbonyl (C=O) groups excluding carboxylic acids is 1. The van der Waals surface area contributed by atoms with Crippen LogP contribution in [0.2, 0.25) is 5.02 Å². The van der Waals surface area contributed by atoms with Crippen molar-refractivity contribution in [1.82, 2.24) is 25.6 Å². The molecule has 6 rings (SSSR count). The third-order valence-electron chi connectivity index (χ3n) is 6.48. The second-order valence-corrected chi connectivity index (χ2v) is 9.25. The molecule has 1 atom stereocenters. The van der Waals surface area contributed by atoms with Crippen molar-refractivity contribution in [2.75, 3.05) is 0 Å². The highest BCUT2D eigenvalue weighted by molar-refractivity contribution is 6.35. The summed E-state index contributed by atoms with van der Waals surface area (Å²) in [6, 6.07) is 13.1. The molecule has 0 saturated heterocycles. The van der Waals surface area contributed by atoms with Crippen LogP contribution in [0.4, 0.5) is 4.39 Å². The van der Waals surface area contributed by atoms with Crippen LogP contribution in [0.1, 0.15) is 44.3 Å². The zero-order valence-corrected chi connectivity index (χ0v) is 19.6. The number of nitrogens with zero attached hydrogens (tertiary/aromatic N) is 2. The predicted octanol–water partition coefficient (Wildman–Crippen LogP) is 5.33. The maximum atomic E-state index is 14.5. The van der Waals surface area contributed by atoms with Crippen LogP contribution in [0.3, 0.4) is 0 Å². The van der Waals surface area contributed by atoms with E-state index in [0.717, 1.165) is 27.7 Å². The minimum absolute atomic E-state index is 0.0365. The Kier molecular flexibility index (Phi) is 5.24. The Labute approximate surface area is 205 Å². The first-order valence-corrected chi connectivity index (χ1v) is 11.7. The Hall–Kier alpha value is -3.81. The first-order chi connectivity index (χ1) is 17.0. The van der Waals surface area contributed by atoms with E-state index in [-0.39, 0.29) is 18.5 Å². The molecule has 1 aliphatic rings. The van der Waals surface area contributed by atoms with Crippen LogP contribution < -0.4 is 10.6 Å². The summed E-state index contributed by atoms with van der Waals surface area (Å²) in [6.45, 7) is 2.70. The normalized spacial score (nSPS) is 15.0. The van der Waals surface area contributed by atoms with Gasteiger partial charge in [-0.2, -0.15) is 0 Å². The number of hydrogen-bond donors (Lipinski definition) is 3. The second kappa shape index (κ2) is 8.45. The molecule has 0 bridgehead atoms. The molecule has 35 heavy (non-hydrogen) atoms. The lowest BCUT2D eigenvalue weighted by Gasteiger charge is -2.14. The van der Waals surface area contributed by atoms with E-state index >= 15 is 0 Å². The number of rotatable bonds is 4. The highest BCUT2D eigenvalue weighted by atomic mass is 35.5. The SMILES string of the molecule is Cc1ccc2ncc(C3NCc4ncc(C(=O)NCc5cc6c(Cl)c[nH]c6cc5F)cc43)cc2c1. The molecule has 0 fully saturated rings. The maximum absolute atomic E-state index is 14.5. The van der Waals surface area contributed by atoms with Gasteiger partial charge in [-0.05, 0) is 54.4 Å². The van der Waals surface area contributed by atoms with E-state index in [0.29, 0.717) is 33.6 Å². The molecule has 0 spiro atoms. The van der Waals surface area contributed by atoms with Gasteiger partial charge in [-0.1, -0.05) is 23.2 Å². The van der Waals surface area contributed by atoms with Crippen molar-refractivity contribution in [3.8, 4) is 0 Å². The number of benzene rings is 2. The number of aromatic amines is 1. The molecule has 2 aromatic carbocycles. The molecular weight excluding hydrogens is 465 g/mol. The summed E-state index contributed by atoms with van der Waals surface area (Å²) in [6.07, 6.45) is 5.03. The van der Waals surface area contributed by atoms with Crippen molar-refractivity contribution in [2.45, 2.75) is 26.1 Å². The third-order valence-corrected chi connectivity index (χ3v) is 6.79. The molecule has 3 aromatic heterocycles. The molecule has 5 aromatic rings. The van der Waals surface area contributed by atoms with Crippen LogP contribution in [0.5, 0.6) is 0 Å². The molecule has 0 saturated carbocycles. The van der Waals surface area contributed by atoms with Crippen LogP contribution in [-0.4, -0.2) is 20.9 Å². The Morgan fingerprint density at radius 2 is 2.06 bits per heavy atom. The van der Waals surface area contributed by atoms with Gasteiger partial charge in [0, 0.05) is 53.5 Å². The minimum Gasteiger partial charge on any atom is -0.360 e. The van der Waals surface area contributed by atoms with Crippen molar-refractivity contribution < 1.29 is 9.18 Å². The van der Waals surface area contributed by atoms with Gasteiger partial charge in [0.2, 0.25) is 0 Å². The van der Waals surface area contributed by atoms with Gasteiger partial charge < -0.3 is 15.6 Å². The van der Waals surface area contributed by atoms with Crippen molar-refractivity contribution in [1.29, 1.82) is 0 Å². The number of fused-ring (bicyclic) bond motifs is 3. The van der Waals surface area contributed by atoms with Gasteiger partial charge in [0.1, 0.15) is 5.82 Å². The van der Waals surface area contributed by atoms with Crippen LogP contribution in [0, 0.1) is 12.7 Å². The van der Waals surface area contributed by atoms with E-state index in [1.165, 1.54) is 11.6 Å². The zero-order valence-electron chi connectivity index (χ0n) is 18.8. The van der Waals surface area contributed by atoms with Gasteiger partial charge >= 0.3 is 0 Å².